The molecule has 1 saturated heterocycles. The van der Waals surface area contributed by atoms with Crippen LogP contribution in [0, 0.1) is 0 Å². The Hall–Kier alpha value is -3.23. The number of ether oxygens (including phenoxy) is 2. The number of nitrogens with zero attached hydrogens (tertiary/aromatic N) is 3. The fraction of sp³-hybridized carbons (Fsp3) is 0.318. The third-order valence-electron chi connectivity index (χ3n) is 5.14. The molecule has 0 saturated carbocycles. The molecule has 4 rings (SSSR count). The van der Waals surface area contributed by atoms with Gasteiger partial charge in [-0.3, -0.25) is 4.79 Å². The lowest BCUT2D eigenvalue weighted by Crippen LogP contribution is -2.48. The minimum atomic E-state index is -0.714. The van der Waals surface area contributed by atoms with Crippen molar-refractivity contribution in [1.82, 2.24) is 20.1 Å². The number of carbonyl (C=O) groups is 1. The first kappa shape index (κ1) is 20.1. The van der Waals surface area contributed by atoms with Crippen molar-refractivity contribution >= 4 is 5.91 Å². The summed E-state index contributed by atoms with van der Waals surface area (Å²) in [5.41, 5.74) is 3.19. The highest BCUT2D eigenvalue weighted by molar-refractivity contribution is 5.92. The van der Waals surface area contributed by atoms with Crippen LogP contribution in [0.4, 0.5) is 0 Å². The standard InChI is InChI=1S/C22H24N4O4/c1-29-21-13-23-19(22(28)25-18-7-10-30-14-20(18)27)12-16(21)11-15-3-5-17(6-4-15)26-9-2-8-24-26/h2-6,8-9,12-13,18,20,27H,7,10-11,14H2,1H3,(H,25,28). The van der Waals surface area contributed by atoms with E-state index in [0.717, 1.165) is 16.8 Å². The smallest absolute Gasteiger partial charge is 0.270 e. The van der Waals surface area contributed by atoms with Crippen LogP contribution in [0.2, 0.25) is 0 Å². The number of pyridine rings is 1. The molecule has 3 aromatic rings. The maximum atomic E-state index is 12.7. The van der Waals surface area contributed by atoms with Crippen LogP contribution in [0.15, 0.2) is 55.0 Å². The molecule has 1 fully saturated rings. The molecule has 0 radical (unpaired) electrons. The van der Waals surface area contributed by atoms with Crippen LogP contribution < -0.4 is 10.1 Å². The maximum absolute atomic E-state index is 12.7. The predicted molar refractivity (Wildman–Crippen MR) is 110 cm³/mol. The summed E-state index contributed by atoms with van der Waals surface area (Å²) in [6.45, 7) is 0.735. The molecule has 1 aromatic carbocycles. The van der Waals surface area contributed by atoms with Gasteiger partial charge >= 0.3 is 0 Å². The molecule has 2 unspecified atom stereocenters. The molecule has 0 bridgehead atoms. The fourth-order valence-electron chi connectivity index (χ4n) is 3.47. The summed E-state index contributed by atoms with van der Waals surface area (Å²) < 4.78 is 12.4. The zero-order chi connectivity index (χ0) is 20.9. The van der Waals surface area contributed by atoms with Crippen LogP contribution in [0.5, 0.6) is 5.75 Å². The number of methoxy groups -OCH3 is 1. The highest BCUT2D eigenvalue weighted by Gasteiger charge is 2.26. The number of benzene rings is 1. The molecule has 8 nitrogen and oxygen atoms in total. The van der Waals surface area contributed by atoms with Gasteiger partial charge in [0.05, 0.1) is 37.7 Å². The number of aliphatic hydroxyl groups is 1. The Balaban J connectivity index is 1.50. The summed E-state index contributed by atoms with van der Waals surface area (Å²) in [6, 6.07) is 11.3. The SMILES string of the molecule is COc1cnc(C(=O)NC2CCOCC2O)cc1Cc1ccc(-n2cccn2)cc1. The zero-order valence-corrected chi connectivity index (χ0v) is 16.7. The van der Waals surface area contributed by atoms with E-state index in [1.165, 1.54) is 0 Å². The quantitative estimate of drug-likeness (QED) is 0.645. The van der Waals surface area contributed by atoms with Crippen molar-refractivity contribution in [3.05, 3.63) is 71.8 Å². The lowest BCUT2D eigenvalue weighted by Gasteiger charge is -2.28. The summed E-state index contributed by atoms with van der Waals surface area (Å²) in [5, 5.41) is 17.1. The minimum absolute atomic E-state index is 0.223. The Morgan fingerprint density at radius 2 is 2.20 bits per heavy atom. The Morgan fingerprint density at radius 3 is 2.90 bits per heavy atom. The van der Waals surface area contributed by atoms with Crippen molar-refractivity contribution in [1.29, 1.82) is 0 Å². The second kappa shape index (κ2) is 9.06. The second-order valence-corrected chi connectivity index (χ2v) is 7.19. The van der Waals surface area contributed by atoms with Gasteiger partial charge in [-0.25, -0.2) is 9.67 Å². The third kappa shape index (κ3) is 4.50. The first-order valence-corrected chi connectivity index (χ1v) is 9.82. The Kier molecular flexibility index (Phi) is 6.06. The molecule has 1 aliphatic rings. The van der Waals surface area contributed by atoms with E-state index < -0.39 is 6.10 Å². The Morgan fingerprint density at radius 1 is 1.37 bits per heavy atom. The van der Waals surface area contributed by atoms with Crippen LogP contribution in [-0.2, 0) is 11.2 Å². The number of rotatable bonds is 6. The average Bonchev–Trinajstić information content (AvgIpc) is 3.31. The summed E-state index contributed by atoms with van der Waals surface area (Å²) in [4.78, 5) is 16.9. The third-order valence-corrected chi connectivity index (χ3v) is 5.14. The monoisotopic (exact) mass is 408 g/mol. The predicted octanol–water partition coefficient (Wildman–Crippen LogP) is 1.75. The molecule has 2 aromatic heterocycles. The number of aromatic nitrogens is 3. The molecule has 1 amide bonds. The largest absolute Gasteiger partial charge is 0.495 e. The second-order valence-electron chi connectivity index (χ2n) is 7.19. The fourth-order valence-corrected chi connectivity index (χ4v) is 3.47. The topological polar surface area (TPSA) is 98.5 Å². The summed E-state index contributed by atoms with van der Waals surface area (Å²) in [7, 11) is 1.58. The molecule has 8 heteroatoms. The van der Waals surface area contributed by atoms with Gasteiger partial charge in [0.25, 0.3) is 5.91 Å². The van der Waals surface area contributed by atoms with Gasteiger partial charge < -0.3 is 19.9 Å². The van der Waals surface area contributed by atoms with Gasteiger partial charge in [-0.2, -0.15) is 5.10 Å². The molecule has 2 N–H and O–H groups in total. The zero-order valence-electron chi connectivity index (χ0n) is 16.7. The number of carbonyl (C=O) groups excluding carboxylic acids is 1. The van der Waals surface area contributed by atoms with E-state index in [-0.39, 0.29) is 24.2 Å². The Bertz CT molecular complexity index is 989. The first-order chi connectivity index (χ1) is 14.6. The van der Waals surface area contributed by atoms with Gasteiger partial charge in [-0.1, -0.05) is 12.1 Å². The number of amides is 1. The van der Waals surface area contributed by atoms with Gasteiger partial charge in [0, 0.05) is 31.0 Å². The van der Waals surface area contributed by atoms with Gasteiger partial charge in [0.2, 0.25) is 0 Å². The molecular formula is C22H24N4O4. The maximum Gasteiger partial charge on any atom is 0.270 e. The van der Waals surface area contributed by atoms with E-state index in [1.54, 1.807) is 30.3 Å². The first-order valence-electron chi connectivity index (χ1n) is 9.82. The normalized spacial score (nSPS) is 18.7. The van der Waals surface area contributed by atoms with Crippen molar-refractivity contribution in [2.24, 2.45) is 0 Å². The van der Waals surface area contributed by atoms with Crippen LogP contribution in [0.25, 0.3) is 5.69 Å². The van der Waals surface area contributed by atoms with Crippen molar-refractivity contribution in [3.63, 3.8) is 0 Å². The van der Waals surface area contributed by atoms with Crippen LogP contribution in [0.3, 0.4) is 0 Å². The number of hydrogen-bond acceptors (Lipinski definition) is 6. The van der Waals surface area contributed by atoms with E-state index in [9.17, 15) is 9.90 Å². The lowest BCUT2D eigenvalue weighted by atomic mass is 10.0. The molecule has 0 spiro atoms. The van der Waals surface area contributed by atoms with Crippen molar-refractivity contribution in [3.8, 4) is 11.4 Å². The van der Waals surface area contributed by atoms with Gasteiger partial charge in [0.1, 0.15) is 11.4 Å². The molecule has 2 atom stereocenters. The van der Waals surface area contributed by atoms with Crippen LogP contribution in [0.1, 0.15) is 28.0 Å². The highest BCUT2D eigenvalue weighted by atomic mass is 16.5. The van der Waals surface area contributed by atoms with Gasteiger partial charge in [-0.15, -0.1) is 0 Å². The summed E-state index contributed by atoms with van der Waals surface area (Å²) in [6.07, 6.45) is 5.63. The summed E-state index contributed by atoms with van der Waals surface area (Å²) >= 11 is 0. The van der Waals surface area contributed by atoms with E-state index in [2.05, 4.69) is 15.4 Å². The van der Waals surface area contributed by atoms with Crippen LogP contribution in [-0.4, -0.2) is 58.2 Å². The molecule has 1 aliphatic heterocycles. The van der Waals surface area contributed by atoms with E-state index >= 15 is 0 Å². The summed E-state index contributed by atoms with van der Waals surface area (Å²) in [5.74, 6) is 0.299. The Labute approximate surface area is 174 Å². The highest BCUT2D eigenvalue weighted by Crippen LogP contribution is 2.22. The van der Waals surface area contributed by atoms with E-state index in [4.69, 9.17) is 9.47 Å². The van der Waals surface area contributed by atoms with Gasteiger partial charge in [0.15, 0.2) is 0 Å². The number of aliphatic hydroxyl groups excluding tert-OH is 1. The van der Waals surface area contributed by atoms with E-state index in [0.29, 0.717) is 25.2 Å². The van der Waals surface area contributed by atoms with Crippen LogP contribution >= 0.6 is 0 Å². The molecule has 156 valence electrons. The van der Waals surface area contributed by atoms with Crippen molar-refractivity contribution < 1.29 is 19.4 Å². The molecule has 0 aliphatic carbocycles. The lowest BCUT2D eigenvalue weighted by molar-refractivity contribution is -0.0261. The van der Waals surface area contributed by atoms with Crippen molar-refractivity contribution in [2.75, 3.05) is 20.3 Å². The average molecular weight is 408 g/mol. The van der Waals surface area contributed by atoms with E-state index in [1.807, 2.05) is 36.5 Å². The van der Waals surface area contributed by atoms with Crippen molar-refractivity contribution in [2.45, 2.75) is 25.0 Å². The minimum Gasteiger partial charge on any atom is -0.495 e. The number of hydrogen-bond donors (Lipinski definition) is 2. The number of nitrogens with one attached hydrogen (secondary N) is 1. The van der Waals surface area contributed by atoms with Gasteiger partial charge in [-0.05, 0) is 36.2 Å². The molecule has 3 heterocycles. The molecule has 30 heavy (non-hydrogen) atoms. The molecular weight excluding hydrogens is 384 g/mol.